The number of nitrogens with zero attached hydrogens (tertiary/aromatic N) is 1. The summed E-state index contributed by atoms with van der Waals surface area (Å²) in [4.78, 5) is 2.39. The first-order valence-corrected chi connectivity index (χ1v) is 18.8. The van der Waals surface area contributed by atoms with Gasteiger partial charge in [-0.3, -0.25) is 0 Å². The maximum absolute atomic E-state index is 2.39. The van der Waals surface area contributed by atoms with Crippen molar-refractivity contribution in [2.75, 3.05) is 4.90 Å². The van der Waals surface area contributed by atoms with Gasteiger partial charge in [0.1, 0.15) is 0 Å². The first-order chi connectivity index (χ1) is 27.3. The monoisotopic (exact) mass is 701 g/mol. The fourth-order valence-electron chi connectivity index (χ4n) is 7.57. The Bertz CT molecular complexity index is 2460. The summed E-state index contributed by atoms with van der Waals surface area (Å²) in [5.74, 6) is 0. The quantitative estimate of drug-likeness (QED) is 0.145. The lowest BCUT2D eigenvalue weighted by Crippen LogP contribution is -2.10. The van der Waals surface area contributed by atoms with Crippen LogP contribution in [0, 0.1) is 0 Å². The molecule has 0 bridgehead atoms. The average Bonchev–Trinajstić information content (AvgIpc) is 3.28. The molecule has 0 aliphatic rings. The highest BCUT2D eigenvalue weighted by Crippen LogP contribution is 2.42. The molecule has 0 radical (unpaired) electrons. The van der Waals surface area contributed by atoms with E-state index in [0.717, 1.165) is 17.1 Å². The second kappa shape index (κ2) is 15.4. The van der Waals surface area contributed by atoms with Crippen LogP contribution in [-0.2, 0) is 0 Å². The van der Waals surface area contributed by atoms with Crippen molar-refractivity contribution < 1.29 is 0 Å². The summed E-state index contributed by atoms with van der Waals surface area (Å²) >= 11 is 0. The first-order valence-electron chi connectivity index (χ1n) is 18.8. The van der Waals surface area contributed by atoms with Crippen molar-refractivity contribution in [3.63, 3.8) is 0 Å². The molecule has 1 heteroatoms. The molecular weight excluding hydrogens is 663 g/mol. The van der Waals surface area contributed by atoms with Crippen LogP contribution in [-0.4, -0.2) is 0 Å². The highest BCUT2D eigenvalue weighted by molar-refractivity contribution is 5.89. The van der Waals surface area contributed by atoms with Gasteiger partial charge in [-0.15, -0.1) is 0 Å². The van der Waals surface area contributed by atoms with Crippen LogP contribution in [0.4, 0.5) is 17.1 Å². The van der Waals surface area contributed by atoms with Crippen LogP contribution in [0.3, 0.4) is 0 Å². The lowest BCUT2D eigenvalue weighted by Gasteiger charge is -2.27. The zero-order valence-electron chi connectivity index (χ0n) is 30.5. The molecule has 9 rings (SSSR count). The minimum Gasteiger partial charge on any atom is -0.310 e. The molecule has 0 aliphatic carbocycles. The van der Waals surface area contributed by atoms with E-state index in [1.165, 1.54) is 66.8 Å². The van der Waals surface area contributed by atoms with E-state index in [1.54, 1.807) is 0 Å². The smallest absolute Gasteiger partial charge is 0.0473 e. The molecule has 0 fully saturated rings. The molecule has 0 unspecified atom stereocenters. The second-order valence-corrected chi connectivity index (χ2v) is 13.8. The van der Waals surface area contributed by atoms with Gasteiger partial charge in [-0.2, -0.15) is 0 Å². The predicted molar refractivity (Wildman–Crippen MR) is 234 cm³/mol. The van der Waals surface area contributed by atoms with E-state index >= 15 is 0 Å². The highest BCUT2D eigenvalue weighted by Gasteiger charge is 2.17. The van der Waals surface area contributed by atoms with Crippen molar-refractivity contribution in [2.24, 2.45) is 0 Å². The molecule has 0 saturated heterocycles. The molecule has 9 aromatic rings. The zero-order valence-corrected chi connectivity index (χ0v) is 30.5. The first kappa shape index (κ1) is 33.6. The summed E-state index contributed by atoms with van der Waals surface area (Å²) in [6.45, 7) is 0. The third-order valence-electron chi connectivity index (χ3n) is 10.3. The van der Waals surface area contributed by atoms with Crippen molar-refractivity contribution >= 4 is 17.1 Å². The van der Waals surface area contributed by atoms with E-state index in [4.69, 9.17) is 0 Å². The average molecular weight is 702 g/mol. The van der Waals surface area contributed by atoms with Gasteiger partial charge in [0.05, 0.1) is 0 Å². The molecule has 0 aromatic heterocycles. The number of hydrogen-bond donors (Lipinski definition) is 0. The Morgan fingerprint density at radius 3 is 0.782 bits per heavy atom. The summed E-state index contributed by atoms with van der Waals surface area (Å²) < 4.78 is 0. The third-order valence-corrected chi connectivity index (χ3v) is 10.3. The normalized spacial score (nSPS) is 10.9. The van der Waals surface area contributed by atoms with Crippen molar-refractivity contribution in [3.05, 3.63) is 237 Å². The minimum atomic E-state index is 1.09. The molecular formula is C54H39N. The van der Waals surface area contributed by atoms with Gasteiger partial charge in [0.25, 0.3) is 0 Å². The van der Waals surface area contributed by atoms with Gasteiger partial charge in [-0.1, -0.05) is 194 Å². The van der Waals surface area contributed by atoms with Crippen molar-refractivity contribution in [2.45, 2.75) is 0 Å². The molecule has 1 nitrogen and oxygen atoms in total. The Hall–Kier alpha value is -7.22. The topological polar surface area (TPSA) is 3.24 Å². The lowest BCUT2D eigenvalue weighted by atomic mass is 9.94. The minimum absolute atomic E-state index is 1.09. The second-order valence-electron chi connectivity index (χ2n) is 13.8. The Morgan fingerprint density at radius 1 is 0.182 bits per heavy atom. The number of anilines is 3. The van der Waals surface area contributed by atoms with E-state index < -0.39 is 0 Å². The van der Waals surface area contributed by atoms with Crippen LogP contribution in [0.2, 0.25) is 0 Å². The molecule has 260 valence electrons. The summed E-state index contributed by atoms with van der Waals surface area (Å²) in [5.41, 5.74) is 17.6. The maximum atomic E-state index is 2.39. The fraction of sp³-hybridized carbons (Fsp3) is 0. The number of rotatable bonds is 9. The largest absolute Gasteiger partial charge is 0.310 e. The molecule has 0 saturated carbocycles. The lowest BCUT2D eigenvalue weighted by molar-refractivity contribution is 1.28. The van der Waals surface area contributed by atoms with Gasteiger partial charge in [0.2, 0.25) is 0 Å². The predicted octanol–water partition coefficient (Wildman–Crippen LogP) is 15.2. The molecule has 0 atom stereocenters. The van der Waals surface area contributed by atoms with Gasteiger partial charge < -0.3 is 4.90 Å². The highest BCUT2D eigenvalue weighted by atomic mass is 15.1. The molecule has 9 aromatic carbocycles. The standard InChI is InChI=1S/C54H39N/c1-5-17-40(18-6-1)46-37-47(41-19-7-2-8-20-41)39-50(38-46)55(48-33-29-44(30-34-48)53-27-15-13-25-51(53)42-21-9-3-10-22-42)49-35-31-45(32-36-49)54-28-16-14-26-52(54)43-23-11-4-12-24-43/h1-39H. The summed E-state index contributed by atoms with van der Waals surface area (Å²) in [5, 5.41) is 0. The van der Waals surface area contributed by atoms with Crippen LogP contribution in [0.5, 0.6) is 0 Å². The van der Waals surface area contributed by atoms with Gasteiger partial charge in [0, 0.05) is 17.1 Å². The molecule has 0 amide bonds. The van der Waals surface area contributed by atoms with Crippen LogP contribution in [0.25, 0.3) is 66.8 Å². The summed E-state index contributed by atoms with van der Waals surface area (Å²) in [7, 11) is 0. The van der Waals surface area contributed by atoms with E-state index in [0.29, 0.717) is 0 Å². The van der Waals surface area contributed by atoms with Crippen LogP contribution >= 0.6 is 0 Å². The maximum Gasteiger partial charge on any atom is 0.0473 e. The molecule has 0 heterocycles. The number of benzene rings is 9. The van der Waals surface area contributed by atoms with Gasteiger partial charge >= 0.3 is 0 Å². The molecule has 0 spiro atoms. The summed E-state index contributed by atoms with van der Waals surface area (Å²) in [6.07, 6.45) is 0. The summed E-state index contributed by atoms with van der Waals surface area (Å²) in [6, 6.07) is 85.0. The Kier molecular flexibility index (Phi) is 9.41. The van der Waals surface area contributed by atoms with Gasteiger partial charge in [-0.25, -0.2) is 0 Å². The van der Waals surface area contributed by atoms with Crippen molar-refractivity contribution in [1.82, 2.24) is 0 Å². The van der Waals surface area contributed by atoms with E-state index in [2.05, 4.69) is 241 Å². The van der Waals surface area contributed by atoms with E-state index in [-0.39, 0.29) is 0 Å². The van der Waals surface area contributed by atoms with Gasteiger partial charge in [-0.05, 0) is 109 Å². The van der Waals surface area contributed by atoms with Crippen molar-refractivity contribution in [3.8, 4) is 66.8 Å². The van der Waals surface area contributed by atoms with Crippen molar-refractivity contribution in [1.29, 1.82) is 0 Å². The van der Waals surface area contributed by atoms with E-state index in [9.17, 15) is 0 Å². The molecule has 0 aliphatic heterocycles. The number of hydrogen-bond acceptors (Lipinski definition) is 1. The Labute approximate surface area is 324 Å². The SMILES string of the molecule is c1ccc(-c2cc(-c3ccccc3)cc(N(c3ccc(-c4ccccc4-c4ccccc4)cc3)c3ccc(-c4ccccc4-c4ccccc4)cc3)c2)cc1. The van der Waals surface area contributed by atoms with E-state index in [1.807, 2.05) is 0 Å². The Balaban J connectivity index is 1.18. The molecule has 0 N–H and O–H groups in total. The fourth-order valence-corrected chi connectivity index (χ4v) is 7.57. The van der Waals surface area contributed by atoms with Gasteiger partial charge in [0.15, 0.2) is 0 Å². The van der Waals surface area contributed by atoms with Crippen LogP contribution in [0.1, 0.15) is 0 Å². The zero-order chi connectivity index (χ0) is 36.8. The third kappa shape index (κ3) is 7.12. The Morgan fingerprint density at radius 2 is 0.455 bits per heavy atom. The van der Waals surface area contributed by atoms with Crippen LogP contribution in [0.15, 0.2) is 237 Å². The van der Waals surface area contributed by atoms with Crippen LogP contribution < -0.4 is 4.90 Å². The molecule has 55 heavy (non-hydrogen) atoms.